The van der Waals surface area contributed by atoms with Gasteiger partial charge in [-0.25, -0.2) is 4.79 Å². The fourth-order valence-electron chi connectivity index (χ4n) is 3.52. The molecular formula is C23H22N2O5. The molecule has 7 heteroatoms. The van der Waals surface area contributed by atoms with E-state index in [-0.39, 0.29) is 12.5 Å². The Bertz CT molecular complexity index is 965. The molecule has 1 aliphatic carbocycles. The summed E-state index contributed by atoms with van der Waals surface area (Å²) in [5.41, 5.74) is 4.28. The molecule has 2 aromatic rings. The van der Waals surface area contributed by atoms with Gasteiger partial charge in [0.1, 0.15) is 12.6 Å². The number of carbonyl (C=O) groups excluding carboxylic acids is 2. The smallest absolute Gasteiger partial charge is 0.407 e. The summed E-state index contributed by atoms with van der Waals surface area (Å²) in [5, 5.41) is 13.8. The molecule has 3 N–H and O–H groups in total. The number of carboxylic acids is 1. The molecule has 3 rings (SSSR count). The average Bonchev–Trinajstić information content (AvgIpc) is 3.05. The van der Waals surface area contributed by atoms with Gasteiger partial charge in [-0.05, 0) is 29.2 Å². The lowest BCUT2D eigenvalue weighted by atomic mass is 9.98. The number of alkyl carbamates (subject to hydrolysis) is 1. The molecule has 2 atom stereocenters. The molecule has 0 saturated carbocycles. The molecule has 154 valence electrons. The highest BCUT2D eigenvalue weighted by Gasteiger charge is 2.30. The SMILES string of the molecule is C#CC(C)NC(=O)C(CC(=O)O)NC(=O)OCC1c2ccccc2-c2ccccc21. The summed E-state index contributed by atoms with van der Waals surface area (Å²) in [5.74, 6) is 0.255. The Hall–Kier alpha value is -3.79. The van der Waals surface area contributed by atoms with Crippen LogP contribution in [0.4, 0.5) is 4.79 Å². The lowest BCUT2D eigenvalue weighted by Crippen LogP contribution is -2.50. The number of aliphatic carboxylic acids is 1. The predicted molar refractivity (Wildman–Crippen MR) is 111 cm³/mol. The van der Waals surface area contributed by atoms with E-state index in [1.54, 1.807) is 6.92 Å². The van der Waals surface area contributed by atoms with E-state index >= 15 is 0 Å². The first-order valence-corrected chi connectivity index (χ1v) is 9.50. The topological polar surface area (TPSA) is 105 Å². The second kappa shape index (κ2) is 9.14. The minimum absolute atomic E-state index is 0.0576. The Labute approximate surface area is 174 Å². The fraction of sp³-hybridized carbons (Fsp3) is 0.261. The third-order valence-electron chi connectivity index (χ3n) is 4.94. The number of hydrogen-bond acceptors (Lipinski definition) is 4. The number of carboxylic acid groups (broad SMARTS) is 1. The van der Waals surface area contributed by atoms with Gasteiger partial charge in [0, 0.05) is 5.92 Å². The highest BCUT2D eigenvalue weighted by atomic mass is 16.5. The van der Waals surface area contributed by atoms with E-state index in [9.17, 15) is 14.4 Å². The maximum atomic E-state index is 12.3. The molecule has 2 aromatic carbocycles. The van der Waals surface area contributed by atoms with Gasteiger partial charge in [0.05, 0.1) is 12.5 Å². The largest absolute Gasteiger partial charge is 0.481 e. The molecule has 1 aliphatic rings. The average molecular weight is 406 g/mol. The van der Waals surface area contributed by atoms with Crippen molar-refractivity contribution in [2.75, 3.05) is 6.61 Å². The lowest BCUT2D eigenvalue weighted by Gasteiger charge is -2.19. The van der Waals surface area contributed by atoms with E-state index in [0.29, 0.717) is 0 Å². The van der Waals surface area contributed by atoms with Crippen LogP contribution in [0.25, 0.3) is 11.1 Å². The van der Waals surface area contributed by atoms with Crippen molar-refractivity contribution in [3.8, 4) is 23.5 Å². The van der Waals surface area contributed by atoms with E-state index in [0.717, 1.165) is 22.3 Å². The van der Waals surface area contributed by atoms with Crippen molar-refractivity contribution in [3.63, 3.8) is 0 Å². The van der Waals surface area contributed by atoms with Gasteiger partial charge in [0.15, 0.2) is 0 Å². The maximum absolute atomic E-state index is 12.3. The molecule has 0 fully saturated rings. The third-order valence-corrected chi connectivity index (χ3v) is 4.94. The van der Waals surface area contributed by atoms with E-state index in [4.69, 9.17) is 16.3 Å². The van der Waals surface area contributed by atoms with Crippen molar-refractivity contribution in [3.05, 3.63) is 59.7 Å². The van der Waals surface area contributed by atoms with Crippen LogP contribution in [0.5, 0.6) is 0 Å². The number of fused-ring (bicyclic) bond motifs is 3. The summed E-state index contributed by atoms with van der Waals surface area (Å²) in [4.78, 5) is 35.6. The number of nitrogens with one attached hydrogen (secondary N) is 2. The van der Waals surface area contributed by atoms with Crippen molar-refractivity contribution >= 4 is 18.0 Å². The van der Waals surface area contributed by atoms with Gasteiger partial charge >= 0.3 is 12.1 Å². The van der Waals surface area contributed by atoms with Gasteiger partial charge in [-0.15, -0.1) is 6.42 Å². The van der Waals surface area contributed by atoms with Crippen LogP contribution >= 0.6 is 0 Å². The standard InChI is InChI=1S/C23H22N2O5/c1-3-14(2)24-22(28)20(12-21(26)27)25-23(29)30-13-19-17-10-6-4-8-15(17)16-9-5-7-11-18(16)19/h1,4-11,14,19-20H,12-13H2,2H3,(H,24,28)(H,25,29)(H,26,27). The third kappa shape index (κ3) is 4.61. The number of carbonyl (C=O) groups is 3. The Morgan fingerprint density at radius 3 is 2.17 bits per heavy atom. The zero-order valence-electron chi connectivity index (χ0n) is 16.4. The summed E-state index contributed by atoms with van der Waals surface area (Å²) in [6.07, 6.45) is 3.77. The summed E-state index contributed by atoms with van der Waals surface area (Å²) < 4.78 is 5.37. The van der Waals surface area contributed by atoms with Crippen molar-refractivity contribution in [2.45, 2.75) is 31.3 Å². The minimum atomic E-state index is -1.30. The van der Waals surface area contributed by atoms with Crippen LogP contribution in [0.3, 0.4) is 0 Å². The highest BCUT2D eigenvalue weighted by molar-refractivity contribution is 5.89. The van der Waals surface area contributed by atoms with E-state index in [1.807, 2.05) is 48.5 Å². The number of amides is 2. The summed E-state index contributed by atoms with van der Waals surface area (Å²) in [6.45, 7) is 1.63. The maximum Gasteiger partial charge on any atom is 0.407 e. The van der Waals surface area contributed by atoms with Crippen molar-refractivity contribution in [1.82, 2.24) is 10.6 Å². The molecule has 0 aromatic heterocycles. The second-order valence-corrected chi connectivity index (χ2v) is 7.02. The van der Waals surface area contributed by atoms with Crippen LogP contribution < -0.4 is 10.6 Å². The highest BCUT2D eigenvalue weighted by Crippen LogP contribution is 2.44. The van der Waals surface area contributed by atoms with Gasteiger partial charge in [0.25, 0.3) is 0 Å². The van der Waals surface area contributed by atoms with Gasteiger partial charge in [-0.3, -0.25) is 9.59 Å². The van der Waals surface area contributed by atoms with Crippen molar-refractivity contribution in [2.24, 2.45) is 0 Å². The summed E-state index contributed by atoms with van der Waals surface area (Å²) in [6, 6.07) is 13.9. The van der Waals surface area contributed by atoms with Crippen molar-refractivity contribution in [1.29, 1.82) is 0 Å². The molecule has 0 radical (unpaired) electrons. The molecule has 0 spiro atoms. The molecule has 30 heavy (non-hydrogen) atoms. The zero-order chi connectivity index (χ0) is 21.7. The predicted octanol–water partition coefficient (Wildman–Crippen LogP) is 2.51. The van der Waals surface area contributed by atoms with Crippen LogP contribution in [-0.4, -0.2) is 41.8 Å². The Kier molecular flexibility index (Phi) is 6.38. The monoisotopic (exact) mass is 406 g/mol. The van der Waals surface area contributed by atoms with Gasteiger partial charge in [-0.2, -0.15) is 0 Å². The Morgan fingerprint density at radius 2 is 1.63 bits per heavy atom. The molecule has 0 saturated heterocycles. The number of ether oxygens (including phenoxy) is 1. The molecule has 0 bridgehead atoms. The van der Waals surface area contributed by atoms with E-state index < -0.39 is 36.5 Å². The Morgan fingerprint density at radius 1 is 1.07 bits per heavy atom. The quantitative estimate of drug-likeness (QED) is 0.613. The zero-order valence-corrected chi connectivity index (χ0v) is 16.4. The van der Waals surface area contributed by atoms with Gasteiger partial charge in [-0.1, -0.05) is 54.5 Å². The summed E-state index contributed by atoms with van der Waals surface area (Å²) >= 11 is 0. The molecule has 2 unspecified atom stereocenters. The number of hydrogen-bond donors (Lipinski definition) is 3. The van der Waals surface area contributed by atoms with Gasteiger partial charge in [0.2, 0.25) is 5.91 Å². The van der Waals surface area contributed by atoms with Gasteiger partial charge < -0.3 is 20.5 Å². The van der Waals surface area contributed by atoms with Crippen LogP contribution in [0.1, 0.15) is 30.4 Å². The normalized spacial score (nSPS) is 13.9. The number of benzene rings is 2. The molecule has 7 nitrogen and oxygen atoms in total. The first-order valence-electron chi connectivity index (χ1n) is 9.50. The summed E-state index contributed by atoms with van der Waals surface area (Å²) in [7, 11) is 0. The fourth-order valence-corrected chi connectivity index (χ4v) is 3.52. The minimum Gasteiger partial charge on any atom is -0.481 e. The van der Waals surface area contributed by atoms with Crippen LogP contribution in [0.2, 0.25) is 0 Å². The van der Waals surface area contributed by atoms with Crippen LogP contribution in [0.15, 0.2) is 48.5 Å². The van der Waals surface area contributed by atoms with Crippen molar-refractivity contribution < 1.29 is 24.2 Å². The molecule has 0 aliphatic heterocycles. The first kappa shape index (κ1) is 20.9. The van der Waals surface area contributed by atoms with E-state index in [1.165, 1.54) is 0 Å². The lowest BCUT2D eigenvalue weighted by molar-refractivity contribution is -0.139. The number of rotatable bonds is 7. The Balaban J connectivity index is 1.68. The molecular weight excluding hydrogens is 384 g/mol. The number of terminal acetylenes is 1. The molecule has 2 amide bonds. The van der Waals surface area contributed by atoms with Crippen LogP contribution in [0, 0.1) is 12.3 Å². The second-order valence-electron chi connectivity index (χ2n) is 7.02. The first-order chi connectivity index (χ1) is 14.4. The van der Waals surface area contributed by atoms with E-state index in [2.05, 4.69) is 16.6 Å². The van der Waals surface area contributed by atoms with Crippen LogP contribution in [-0.2, 0) is 14.3 Å². The molecule has 0 heterocycles.